The number of methoxy groups -OCH3 is 3. The van der Waals surface area contributed by atoms with E-state index in [2.05, 4.69) is 5.32 Å². The number of benzene rings is 3. The topological polar surface area (TPSA) is 124 Å². The third-order valence-electron chi connectivity index (χ3n) is 7.14. The number of unbranched alkanes of at least 4 members (excludes halogenated alkanes) is 1. The maximum Gasteiger partial charge on any atom is 0.264 e. The van der Waals surface area contributed by atoms with Gasteiger partial charge in [0.1, 0.15) is 24.1 Å². The van der Waals surface area contributed by atoms with E-state index in [9.17, 15) is 18.0 Å². The third-order valence-corrected chi connectivity index (χ3v) is 8.91. The molecule has 2 amide bonds. The van der Waals surface area contributed by atoms with Crippen molar-refractivity contribution in [3.63, 3.8) is 0 Å². The van der Waals surface area contributed by atoms with Crippen LogP contribution in [-0.2, 0) is 26.2 Å². The van der Waals surface area contributed by atoms with E-state index in [0.29, 0.717) is 36.0 Å². The van der Waals surface area contributed by atoms with Gasteiger partial charge in [-0.2, -0.15) is 0 Å². The van der Waals surface area contributed by atoms with E-state index < -0.39 is 28.5 Å². The first-order valence-electron chi connectivity index (χ1n) is 14.8. The Bertz CT molecular complexity index is 1530. The van der Waals surface area contributed by atoms with E-state index in [1.807, 2.05) is 19.9 Å². The first-order chi connectivity index (χ1) is 21.6. The molecule has 11 nitrogen and oxygen atoms in total. The van der Waals surface area contributed by atoms with Crippen LogP contribution in [0.25, 0.3) is 0 Å². The Hall–Kier alpha value is -4.45. The van der Waals surface area contributed by atoms with Crippen molar-refractivity contribution in [3.05, 3.63) is 72.3 Å². The molecule has 3 aromatic carbocycles. The highest BCUT2D eigenvalue weighted by Crippen LogP contribution is 2.33. The van der Waals surface area contributed by atoms with Gasteiger partial charge in [0.25, 0.3) is 10.0 Å². The van der Waals surface area contributed by atoms with Crippen molar-refractivity contribution in [1.82, 2.24) is 10.2 Å². The molecule has 0 bridgehead atoms. The molecule has 0 aliphatic carbocycles. The number of carbonyl (C=O) groups excluding carboxylic acids is 2. The monoisotopic (exact) mass is 641 g/mol. The minimum absolute atomic E-state index is 0.0475. The van der Waals surface area contributed by atoms with Crippen LogP contribution in [-0.4, -0.2) is 72.2 Å². The van der Waals surface area contributed by atoms with Gasteiger partial charge in [0.05, 0.1) is 38.5 Å². The molecule has 0 spiro atoms. The van der Waals surface area contributed by atoms with Crippen LogP contribution in [0.5, 0.6) is 23.0 Å². The van der Waals surface area contributed by atoms with E-state index in [1.54, 1.807) is 56.5 Å². The Kier molecular flexibility index (Phi) is 12.9. The molecule has 1 unspecified atom stereocenters. The number of nitrogens with one attached hydrogen (secondary N) is 1. The fourth-order valence-corrected chi connectivity index (χ4v) is 6.02. The summed E-state index contributed by atoms with van der Waals surface area (Å²) in [7, 11) is 0.0776. The van der Waals surface area contributed by atoms with Crippen LogP contribution in [0.1, 0.15) is 39.2 Å². The van der Waals surface area contributed by atoms with Crippen LogP contribution in [0, 0.1) is 0 Å². The first-order valence-corrected chi connectivity index (χ1v) is 16.2. The van der Waals surface area contributed by atoms with Gasteiger partial charge in [0, 0.05) is 19.2 Å². The molecule has 12 heteroatoms. The fourth-order valence-electron chi connectivity index (χ4n) is 4.59. The Morgan fingerprint density at radius 2 is 1.58 bits per heavy atom. The zero-order valence-electron chi connectivity index (χ0n) is 26.7. The Labute approximate surface area is 266 Å². The molecule has 45 heavy (non-hydrogen) atoms. The number of rotatable bonds is 17. The standard InChI is InChI=1S/C33H43N3O8S/c1-7-9-19-34-33(38)24(3)35(22-25-11-10-12-28(20-25)41-4)32(37)23-36(26-13-15-27(16-14-26)44-8-2)45(39,40)29-17-18-30(42-5)31(21-29)43-6/h10-18,20-21,24H,7-9,19,22-23H2,1-6H3,(H,34,38). The molecule has 0 heterocycles. The summed E-state index contributed by atoms with van der Waals surface area (Å²) in [6, 6.07) is 16.9. The second-order valence-corrected chi connectivity index (χ2v) is 12.0. The van der Waals surface area contributed by atoms with Gasteiger partial charge in [-0.3, -0.25) is 13.9 Å². The predicted octanol–water partition coefficient (Wildman–Crippen LogP) is 4.64. The molecule has 0 saturated heterocycles. The van der Waals surface area contributed by atoms with Gasteiger partial charge in [-0.15, -0.1) is 0 Å². The van der Waals surface area contributed by atoms with E-state index in [4.69, 9.17) is 18.9 Å². The van der Waals surface area contributed by atoms with Crippen LogP contribution in [0.15, 0.2) is 71.6 Å². The molecule has 0 aliphatic rings. The molecule has 1 N–H and O–H groups in total. The molecule has 0 aromatic heterocycles. The lowest BCUT2D eigenvalue weighted by Crippen LogP contribution is -2.51. The molecule has 0 aliphatic heterocycles. The molecular weight excluding hydrogens is 598 g/mol. The second-order valence-electron chi connectivity index (χ2n) is 10.1. The van der Waals surface area contributed by atoms with Gasteiger partial charge in [-0.05, 0) is 74.4 Å². The summed E-state index contributed by atoms with van der Waals surface area (Å²) in [5, 5.41) is 2.88. The van der Waals surface area contributed by atoms with Crippen molar-refractivity contribution < 1.29 is 37.0 Å². The number of hydrogen-bond donors (Lipinski definition) is 1. The normalized spacial score (nSPS) is 11.7. The molecule has 0 fully saturated rings. The van der Waals surface area contributed by atoms with Crippen molar-refractivity contribution in [2.45, 2.75) is 51.1 Å². The lowest BCUT2D eigenvalue weighted by Gasteiger charge is -2.32. The van der Waals surface area contributed by atoms with Crippen molar-refractivity contribution in [3.8, 4) is 23.0 Å². The highest BCUT2D eigenvalue weighted by molar-refractivity contribution is 7.92. The van der Waals surface area contributed by atoms with Crippen molar-refractivity contribution in [2.75, 3.05) is 45.3 Å². The number of nitrogens with zero attached hydrogens (tertiary/aromatic N) is 2. The van der Waals surface area contributed by atoms with E-state index in [-0.39, 0.29) is 28.8 Å². The Morgan fingerprint density at radius 3 is 2.20 bits per heavy atom. The zero-order chi connectivity index (χ0) is 33.0. The molecule has 0 radical (unpaired) electrons. The summed E-state index contributed by atoms with van der Waals surface area (Å²) >= 11 is 0. The lowest BCUT2D eigenvalue weighted by molar-refractivity contribution is -0.139. The summed E-state index contributed by atoms with van der Waals surface area (Å²) in [5.74, 6) is 0.796. The van der Waals surface area contributed by atoms with E-state index >= 15 is 0 Å². The number of hydrogen-bond acceptors (Lipinski definition) is 8. The molecule has 3 aromatic rings. The van der Waals surface area contributed by atoms with Crippen molar-refractivity contribution in [1.29, 1.82) is 0 Å². The second kappa shape index (κ2) is 16.6. The molecule has 244 valence electrons. The van der Waals surface area contributed by atoms with Gasteiger partial charge in [0.2, 0.25) is 11.8 Å². The van der Waals surface area contributed by atoms with Crippen molar-refractivity contribution in [2.24, 2.45) is 0 Å². The summed E-state index contributed by atoms with van der Waals surface area (Å²) in [6.45, 7) is 5.85. The summed E-state index contributed by atoms with van der Waals surface area (Å²) < 4.78 is 51.0. The van der Waals surface area contributed by atoms with Crippen molar-refractivity contribution >= 4 is 27.5 Å². The number of anilines is 1. The SMILES string of the molecule is CCCCNC(=O)C(C)N(Cc1cccc(OC)c1)C(=O)CN(c1ccc(OCC)cc1)S(=O)(=O)c1ccc(OC)c(OC)c1. The third kappa shape index (κ3) is 9.04. The molecule has 0 saturated carbocycles. The minimum Gasteiger partial charge on any atom is -0.497 e. The average molecular weight is 642 g/mol. The molecule has 1 atom stereocenters. The number of amides is 2. The van der Waals surface area contributed by atoms with Crippen LogP contribution < -0.4 is 28.6 Å². The number of sulfonamides is 1. The van der Waals surface area contributed by atoms with Crippen LogP contribution in [0.3, 0.4) is 0 Å². The summed E-state index contributed by atoms with van der Waals surface area (Å²) in [5.41, 5.74) is 0.953. The average Bonchev–Trinajstić information content (AvgIpc) is 3.05. The van der Waals surface area contributed by atoms with Gasteiger partial charge < -0.3 is 29.2 Å². The van der Waals surface area contributed by atoms with Crippen LogP contribution in [0.4, 0.5) is 5.69 Å². The van der Waals surface area contributed by atoms with Crippen LogP contribution >= 0.6 is 0 Å². The largest absolute Gasteiger partial charge is 0.497 e. The highest BCUT2D eigenvalue weighted by Gasteiger charge is 2.33. The van der Waals surface area contributed by atoms with Crippen LogP contribution in [0.2, 0.25) is 0 Å². The maximum atomic E-state index is 14.2. The van der Waals surface area contributed by atoms with Gasteiger partial charge in [-0.25, -0.2) is 8.42 Å². The molecular formula is C33H43N3O8S. The Balaban J connectivity index is 2.07. The summed E-state index contributed by atoms with van der Waals surface area (Å²) in [4.78, 5) is 28.6. The van der Waals surface area contributed by atoms with Gasteiger partial charge >= 0.3 is 0 Å². The van der Waals surface area contributed by atoms with Gasteiger partial charge in [-0.1, -0.05) is 25.5 Å². The summed E-state index contributed by atoms with van der Waals surface area (Å²) in [6.07, 6.45) is 1.68. The predicted molar refractivity (Wildman–Crippen MR) is 173 cm³/mol. The quantitative estimate of drug-likeness (QED) is 0.212. The maximum absolute atomic E-state index is 14.2. The number of carbonyl (C=O) groups is 2. The van der Waals surface area contributed by atoms with E-state index in [1.165, 1.54) is 37.3 Å². The first kappa shape index (κ1) is 35.0. The van der Waals surface area contributed by atoms with Gasteiger partial charge in [0.15, 0.2) is 11.5 Å². The minimum atomic E-state index is -4.32. The number of ether oxygens (including phenoxy) is 4. The lowest BCUT2D eigenvalue weighted by atomic mass is 10.1. The smallest absolute Gasteiger partial charge is 0.264 e. The highest BCUT2D eigenvalue weighted by atomic mass is 32.2. The van der Waals surface area contributed by atoms with E-state index in [0.717, 1.165) is 17.1 Å². The molecule has 3 rings (SSSR count). The zero-order valence-corrected chi connectivity index (χ0v) is 27.6. The Morgan fingerprint density at radius 1 is 0.867 bits per heavy atom. The fraction of sp³-hybridized carbons (Fsp3) is 0.394.